The first-order chi connectivity index (χ1) is 21.1. The van der Waals surface area contributed by atoms with Crippen LogP contribution in [-0.4, -0.2) is 77.6 Å². The number of nitrogens with one attached hydrogen (secondary N) is 2. The van der Waals surface area contributed by atoms with E-state index in [1.807, 2.05) is 30.3 Å². The van der Waals surface area contributed by atoms with Crippen LogP contribution in [0.4, 0.5) is 11.4 Å². The van der Waals surface area contributed by atoms with Crippen molar-refractivity contribution in [3.63, 3.8) is 0 Å². The molecule has 0 aliphatic carbocycles. The minimum absolute atomic E-state index is 0.000802. The van der Waals surface area contributed by atoms with Gasteiger partial charge in [0.25, 0.3) is 17.7 Å². The highest BCUT2D eigenvalue weighted by atomic mass is 32.1. The lowest BCUT2D eigenvalue weighted by Gasteiger charge is -2.26. The maximum absolute atomic E-state index is 14.0. The van der Waals surface area contributed by atoms with Gasteiger partial charge in [0.2, 0.25) is 5.91 Å². The number of carbonyl (C=O) groups is 5. The first-order valence-electron chi connectivity index (χ1n) is 14.2. The molecule has 3 heterocycles. The van der Waals surface area contributed by atoms with Crippen LogP contribution in [0.25, 0.3) is 0 Å². The molecule has 2 aliphatic heterocycles. The number of aliphatic hydroxyl groups is 1. The minimum atomic E-state index is -1.24. The quantitative estimate of drug-likeness (QED) is 0.305. The molecule has 1 aromatic heterocycles. The van der Waals surface area contributed by atoms with Crippen molar-refractivity contribution in [1.82, 2.24) is 15.6 Å². The molecule has 0 spiro atoms. The summed E-state index contributed by atoms with van der Waals surface area (Å²) in [5.74, 6) is -2.79. The van der Waals surface area contributed by atoms with E-state index in [9.17, 15) is 29.1 Å². The molecule has 1 fully saturated rings. The van der Waals surface area contributed by atoms with Crippen molar-refractivity contribution < 1.29 is 33.8 Å². The second kappa shape index (κ2) is 13.3. The minimum Gasteiger partial charge on any atom is -0.460 e. The standard InChI is InChI=1S/C31H33N5O7S/c1-18-29(44-19(2)32-18)30(41)34-22-15-35(27(39)17-37)23-10-6-7-11-24(23)36(31(22)42)16-26(38)33-21-14-28(40)43-25(21)13-12-20-8-4-3-5-9-20/h3-11,21-22,25,37H,12-17H2,1-2H3,(H,33,38)(H,34,41)/t21-,22-,25-/m0/s1. The lowest BCUT2D eigenvalue weighted by molar-refractivity contribution is -0.141. The van der Waals surface area contributed by atoms with Crippen molar-refractivity contribution in [3.05, 3.63) is 75.7 Å². The Balaban J connectivity index is 1.37. The van der Waals surface area contributed by atoms with Gasteiger partial charge in [-0.2, -0.15) is 0 Å². The number of hydrogen-bond acceptors (Lipinski definition) is 9. The third kappa shape index (κ3) is 6.79. The highest BCUT2D eigenvalue weighted by Crippen LogP contribution is 2.33. The van der Waals surface area contributed by atoms with Gasteiger partial charge in [0.05, 0.1) is 41.1 Å². The molecular formula is C31H33N5O7S. The molecule has 12 nitrogen and oxygen atoms in total. The number of hydrogen-bond donors (Lipinski definition) is 3. The maximum Gasteiger partial charge on any atom is 0.308 e. The fourth-order valence-corrected chi connectivity index (χ4v) is 6.33. The van der Waals surface area contributed by atoms with E-state index in [-0.39, 0.29) is 18.7 Å². The molecule has 0 bridgehead atoms. The van der Waals surface area contributed by atoms with E-state index >= 15 is 0 Å². The predicted octanol–water partition coefficient (Wildman–Crippen LogP) is 1.66. The maximum atomic E-state index is 14.0. The number of cyclic esters (lactones) is 1. The molecule has 0 saturated carbocycles. The van der Waals surface area contributed by atoms with E-state index in [0.717, 1.165) is 5.56 Å². The molecule has 3 N–H and O–H groups in total. The molecule has 44 heavy (non-hydrogen) atoms. The van der Waals surface area contributed by atoms with Crippen LogP contribution in [0.3, 0.4) is 0 Å². The fourth-order valence-electron chi connectivity index (χ4n) is 5.51. The van der Waals surface area contributed by atoms with E-state index in [4.69, 9.17) is 4.74 Å². The summed E-state index contributed by atoms with van der Waals surface area (Å²) in [6.45, 7) is 1.92. The molecule has 0 unspecified atom stereocenters. The van der Waals surface area contributed by atoms with E-state index in [2.05, 4.69) is 15.6 Å². The van der Waals surface area contributed by atoms with E-state index in [1.165, 1.54) is 21.1 Å². The summed E-state index contributed by atoms with van der Waals surface area (Å²) in [4.78, 5) is 72.7. The molecule has 2 aromatic carbocycles. The number of aryl methyl sites for hydroxylation is 3. The number of esters is 1. The number of para-hydroxylation sites is 2. The second-order valence-electron chi connectivity index (χ2n) is 10.7. The number of ether oxygens (including phenoxy) is 1. The average molecular weight is 620 g/mol. The third-order valence-electron chi connectivity index (χ3n) is 7.57. The van der Waals surface area contributed by atoms with Crippen LogP contribution in [-0.2, 0) is 30.3 Å². The second-order valence-corrected chi connectivity index (χ2v) is 11.9. The Hall–Kier alpha value is -4.62. The Morgan fingerprint density at radius 2 is 1.73 bits per heavy atom. The van der Waals surface area contributed by atoms with Gasteiger partial charge in [-0.25, -0.2) is 4.98 Å². The number of aromatic nitrogens is 1. The van der Waals surface area contributed by atoms with Crippen molar-refractivity contribution in [3.8, 4) is 0 Å². The van der Waals surface area contributed by atoms with Gasteiger partial charge < -0.3 is 25.4 Å². The number of rotatable bonds is 9. The Morgan fingerprint density at radius 3 is 2.41 bits per heavy atom. The zero-order chi connectivity index (χ0) is 31.4. The summed E-state index contributed by atoms with van der Waals surface area (Å²) >= 11 is 1.18. The number of thiazole rings is 1. The number of fused-ring (bicyclic) bond motifs is 1. The van der Waals surface area contributed by atoms with Crippen LogP contribution in [0, 0.1) is 13.8 Å². The number of nitrogens with zero attached hydrogens (tertiary/aromatic N) is 3. The Morgan fingerprint density at radius 1 is 1.02 bits per heavy atom. The number of benzene rings is 2. The number of carbonyl (C=O) groups excluding carboxylic acids is 5. The predicted molar refractivity (Wildman–Crippen MR) is 162 cm³/mol. The lowest BCUT2D eigenvalue weighted by atomic mass is 10.0. The van der Waals surface area contributed by atoms with Crippen LogP contribution in [0.5, 0.6) is 0 Å². The largest absolute Gasteiger partial charge is 0.460 e. The molecular weight excluding hydrogens is 586 g/mol. The first kappa shape index (κ1) is 30.8. The highest BCUT2D eigenvalue weighted by Gasteiger charge is 2.40. The SMILES string of the molecule is Cc1nc(C)c(C(=O)N[C@H]2CN(C(=O)CO)c3ccccc3N(CC(=O)N[C@H]3CC(=O)O[C@H]3CCc3ccccc3)C2=O)s1. The third-order valence-corrected chi connectivity index (χ3v) is 8.64. The van der Waals surface area contributed by atoms with Crippen molar-refractivity contribution in [2.45, 2.75) is 51.3 Å². The van der Waals surface area contributed by atoms with Crippen LogP contribution in [0.15, 0.2) is 54.6 Å². The lowest BCUT2D eigenvalue weighted by Crippen LogP contribution is -2.55. The molecule has 0 radical (unpaired) electrons. The zero-order valence-corrected chi connectivity index (χ0v) is 25.1. The summed E-state index contributed by atoms with van der Waals surface area (Å²) in [5.41, 5.74) is 2.14. The van der Waals surface area contributed by atoms with Crippen LogP contribution in [0.1, 0.15) is 38.8 Å². The van der Waals surface area contributed by atoms with Gasteiger partial charge in [-0.15, -0.1) is 11.3 Å². The van der Waals surface area contributed by atoms with Crippen molar-refractivity contribution in [1.29, 1.82) is 0 Å². The molecule has 1 saturated heterocycles. The first-order valence-corrected chi connectivity index (χ1v) is 15.1. The Bertz CT molecular complexity index is 1580. The summed E-state index contributed by atoms with van der Waals surface area (Å²) in [5, 5.41) is 16.0. The topological polar surface area (TPSA) is 158 Å². The number of aliphatic hydroxyl groups excluding tert-OH is 1. The van der Waals surface area contributed by atoms with Crippen molar-refractivity contribution in [2.24, 2.45) is 0 Å². The van der Waals surface area contributed by atoms with Gasteiger partial charge in [-0.05, 0) is 44.4 Å². The van der Waals surface area contributed by atoms with Crippen molar-refractivity contribution in [2.75, 3.05) is 29.5 Å². The van der Waals surface area contributed by atoms with E-state index in [0.29, 0.717) is 34.1 Å². The smallest absolute Gasteiger partial charge is 0.308 e. The van der Waals surface area contributed by atoms with Crippen molar-refractivity contribution >= 4 is 52.3 Å². The van der Waals surface area contributed by atoms with Gasteiger partial charge >= 0.3 is 5.97 Å². The average Bonchev–Trinajstić information content (AvgIpc) is 3.52. The summed E-state index contributed by atoms with van der Waals surface area (Å²) in [6.07, 6.45) is 0.628. The van der Waals surface area contributed by atoms with E-state index in [1.54, 1.807) is 38.1 Å². The molecule has 2 aliphatic rings. The fraction of sp³-hybridized carbons (Fsp3) is 0.355. The summed E-state index contributed by atoms with van der Waals surface area (Å²) in [7, 11) is 0. The summed E-state index contributed by atoms with van der Waals surface area (Å²) in [6, 6.07) is 14.4. The number of amides is 4. The van der Waals surface area contributed by atoms with Crippen LogP contribution < -0.4 is 20.4 Å². The molecule has 3 atom stereocenters. The molecule has 5 rings (SSSR count). The van der Waals surface area contributed by atoms with Gasteiger partial charge in [-0.1, -0.05) is 42.5 Å². The monoisotopic (exact) mass is 619 g/mol. The van der Waals surface area contributed by atoms with Gasteiger partial charge in [-0.3, -0.25) is 28.9 Å². The molecule has 13 heteroatoms. The summed E-state index contributed by atoms with van der Waals surface area (Å²) < 4.78 is 5.50. The highest BCUT2D eigenvalue weighted by molar-refractivity contribution is 7.13. The molecule has 3 aromatic rings. The zero-order valence-electron chi connectivity index (χ0n) is 24.3. The Labute approximate surface area is 258 Å². The van der Waals surface area contributed by atoms with Crippen LogP contribution in [0.2, 0.25) is 0 Å². The van der Waals surface area contributed by atoms with Gasteiger partial charge in [0, 0.05) is 0 Å². The van der Waals surface area contributed by atoms with Gasteiger partial charge in [0.1, 0.15) is 30.2 Å². The van der Waals surface area contributed by atoms with Gasteiger partial charge in [0.15, 0.2) is 0 Å². The molecule has 230 valence electrons. The normalized spacial score (nSPS) is 19.7. The molecule has 4 amide bonds. The number of anilines is 2. The van der Waals surface area contributed by atoms with Crippen LogP contribution >= 0.6 is 11.3 Å². The van der Waals surface area contributed by atoms with E-state index < -0.39 is 60.9 Å². The Kier molecular flexibility index (Phi) is 9.35.